The number of halogens is 1. The quantitative estimate of drug-likeness (QED) is 0.863. The van der Waals surface area contributed by atoms with Crippen molar-refractivity contribution >= 4 is 22.0 Å². The molecule has 19 heavy (non-hydrogen) atoms. The van der Waals surface area contributed by atoms with Gasteiger partial charge >= 0.3 is 6.09 Å². The zero-order valence-corrected chi connectivity index (χ0v) is 13.0. The standard InChI is InChI=1S/C14H19BrN2O2/c1-13(2,3)19-12(18)17-8-14(16,9-17)10-5-4-6-11(15)7-10/h4-7H,8-9,16H2,1-3H3. The lowest BCUT2D eigenvalue weighted by molar-refractivity contribution is -0.00889. The molecule has 0 atom stereocenters. The van der Waals surface area contributed by atoms with Crippen molar-refractivity contribution < 1.29 is 9.53 Å². The molecule has 2 rings (SSSR count). The fourth-order valence-corrected chi connectivity index (χ4v) is 2.47. The fourth-order valence-electron chi connectivity index (χ4n) is 2.07. The Bertz CT molecular complexity index is 490. The van der Waals surface area contributed by atoms with Gasteiger partial charge in [-0.2, -0.15) is 0 Å². The highest BCUT2D eigenvalue weighted by Crippen LogP contribution is 2.31. The van der Waals surface area contributed by atoms with Crippen molar-refractivity contribution in [3.05, 3.63) is 34.3 Å². The van der Waals surface area contributed by atoms with Gasteiger partial charge in [-0.3, -0.25) is 0 Å². The molecule has 0 spiro atoms. The molecule has 2 N–H and O–H groups in total. The second-order valence-electron chi connectivity index (χ2n) is 6.00. The number of ether oxygens (including phenoxy) is 1. The van der Waals surface area contributed by atoms with E-state index in [1.807, 2.05) is 45.0 Å². The van der Waals surface area contributed by atoms with Gasteiger partial charge in [0.05, 0.1) is 5.54 Å². The summed E-state index contributed by atoms with van der Waals surface area (Å²) in [4.78, 5) is 13.5. The maximum Gasteiger partial charge on any atom is 0.410 e. The normalized spacial score (nSPS) is 17.8. The summed E-state index contributed by atoms with van der Waals surface area (Å²) in [6.45, 7) is 6.54. The van der Waals surface area contributed by atoms with Gasteiger partial charge in [-0.1, -0.05) is 28.1 Å². The molecule has 0 saturated carbocycles. The van der Waals surface area contributed by atoms with Crippen molar-refractivity contribution in [2.75, 3.05) is 13.1 Å². The van der Waals surface area contributed by atoms with Gasteiger partial charge in [-0.05, 0) is 38.5 Å². The highest BCUT2D eigenvalue weighted by Gasteiger charge is 2.44. The molecule has 1 saturated heterocycles. The lowest BCUT2D eigenvalue weighted by atomic mass is 9.84. The van der Waals surface area contributed by atoms with Crippen LogP contribution in [0.2, 0.25) is 0 Å². The first-order valence-electron chi connectivity index (χ1n) is 6.22. The average Bonchev–Trinajstić information content (AvgIpc) is 2.22. The number of nitrogens with zero attached hydrogens (tertiary/aromatic N) is 1. The molecule has 1 aliphatic rings. The first kappa shape index (κ1) is 14.3. The first-order valence-corrected chi connectivity index (χ1v) is 7.02. The lowest BCUT2D eigenvalue weighted by Gasteiger charge is -2.47. The van der Waals surface area contributed by atoms with Crippen LogP contribution in [0.5, 0.6) is 0 Å². The van der Waals surface area contributed by atoms with Crippen molar-refractivity contribution in [3.8, 4) is 0 Å². The predicted molar refractivity (Wildman–Crippen MR) is 77.8 cm³/mol. The Hall–Kier alpha value is -1.07. The Balaban J connectivity index is 2.00. The predicted octanol–water partition coefficient (Wildman–Crippen LogP) is 2.85. The summed E-state index contributed by atoms with van der Waals surface area (Å²) in [5.74, 6) is 0. The van der Waals surface area contributed by atoms with Gasteiger partial charge < -0.3 is 15.4 Å². The second kappa shape index (κ2) is 4.80. The minimum absolute atomic E-state index is 0.302. The van der Waals surface area contributed by atoms with E-state index in [9.17, 15) is 4.79 Å². The summed E-state index contributed by atoms with van der Waals surface area (Å²) < 4.78 is 6.31. The Morgan fingerprint density at radius 2 is 2.05 bits per heavy atom. The molecule has 1 heterocycles. The SMILES string of the molecule is CC(C)(C)OC(=O)N1CC(N)(c2cccc(Br)c2)C1. The van der Waals surface area contributed by atoms with Gasteiger partial charge in [0.1, 0.15) is 5.60 Å². The van der Waals surface area contributed by atoms with Crippen LogP contribution in [0.1, 0.15) is 26.3 Å². The zero-order chi connectivity index (χ0) is 14.3. The molecule has 1 aromatic carbocycles. The van der Waals surface area contributed by atoms with Crippen molar-refractivity contribution in [1.82, 2.24) is 4.90 Å². The molecule has 5 heteroatoms. The lowest BCUT2D eigenvalue weighted by Crippen LogP contribution is -2.66. The topological polar surface area (TPSA) is 55.6 Å². The molecule has 1 fully saturated rings. The minimum Gasteiger partial charge on any atom is -0.444 e. The van der Waals surface area contributed by atoms with Crippen LogP contribution in [0.25, 0.3) is 0 Å². The summed E-state index contributed by atoms with van der Waals surface area (Å²) in [7, 11) is 0. The molecule has 0 unspecified atom stereocenters. The van der Waals surface area contributed by atoms with E-state index in [1.54, 1.807) is 4.90 Å². The number of hydrogen-bond donors (Lipinski definition) is 1. The van der Waals surface area contributed by atoms with Crippen LogP contribution in [-0.2, 0) is 10.3 Å². The molecule has 4 nitrogen and oxygen atoms in total. The summed E-state index contributed by atoms with van der Waals surface area (Å²) in [5, 5.41) is 0. The fraction of sp³-hybridized carbons (Fsp3) is 0.500. The van der Waals surface area contributed by atoms with Crippen molar-refractivity contribution in [2.24, 2.45) is 5.73 Å². The Kier molecular flexibility index (Phi) is 3.62. The Morgan fingerprint density at radius 1 is 1.42 bits per heavy atom. The van der Waals surface area contributed by atoms with Gasteiger partial charge in [0.25, 0.3) is 0 Å². The number of likely N-dealkylation sites (tertiary alicyclic amines) is 1. The van der Waals surface area contributed by atoms with E-state index >= 15 is 0 Å². The summed E-state index contributed by atoms with van der Waals surface area (Å²) in [6.07, 6.45) is -0.302. The third-order valence-corrected chi connectivity index (χ3v) is 3.49. The van der Waals surface area contributed by atoms with Crippen LogP contribution in [0.15, 0.2) is 28.7 Å². The molecule has 0 aliphatic carbocycles. The molecular formula is C14H19BrN2O2. The van der Waals surface area contributed by atoms with E-state index in [-0.39, 0.29) is 6.09 Å². The molecule has 1 aliphatic heterocycles. The van der Waals surface area contributed by atoms with Gasteiger partial charge in [0.15, 0.2) is 0 Å². The molecule has 104 valence electrons. The number of hydrogen-bond acceptors (Lipinski definition) is 3. The molecule has 0 bridgehead atoms. The molecule has 1 aromatic rings. The van der Waals surface area contributed by atoms with Gasteiger partial charge in [-0.15, -0.1) is 0 Å². The Morgan fingerprint density at radius 3 is 2.58 bits per heavy atom. The largest absolute Gasteiger partial charge is 0.444 e. The van der Waals surface area contributed by atoms with E-state index in [4.69, 9.17) is 10.5 Å². The van der Waals surface area contributed by atoms with Crippen LogP contribution in [0.4, 0.5) is 4.79 Å². The molecule has 0 radical (unpaired) electrons. The summed E-state index contributed by atoms with van der Waals surface area (Å²) in [5.41, 5.74) is 6.40. The highest BCUT2D eigenvalue weighted by atomic mass is 79.9. The summed E-state index contributed by atoms with van der Waals surface area (Å²) in [6, 6.07) is 7.88. The number of rotatable bonds is 1. The van der Waals surface area contributed by atoms with Crippen LogP contribution >= 0.6 is 15.9 Å². The first-order chi connectivity index (χ1) is 8.70. The van der Waals surface area contributed by atoms with Crippen molar-refractivity contribution in [1.29, 1.82) is 0 Å². The van der Waals surface area contributed by atoms with Crippen LogP contribution in [0.3, 0.4) is 0 Å². The molecule has 0 aromatic heterocycles. The maximum absolute atomic E-state index is 11.9. The third kappa shape index (κ3) is 3.28. The second-order valence-corrected chi connectivity index (χ2v) is 6.92. The van der Waals surface area contributed by atoms with Crippen molar-refractivity contribution in [2.45, 2.75) is 31.9 Å². The maximum atomic E-state index is 11.9. The van der Waals surface area contributed by atoms with E-state index in [0.29, 0.717) is 13.1 Å². The number of benzene rings is 1. The molecular weight excluding hydrogens is 308 g/mol. The van der Waals surface area contributed by atoms with E-state index in [2.05, 4.69) is 15.9 Å². The van der Waals surface area contributed by atoms with Crippen LogP contribution in [0, 0.1) is 0 Å². The van der Waals surface area contributed by atoms with Gasteiger partial charge in [-0.25, -0.2) is 4.79 Å². The van der Waals surface area contributed by atoms with E-state index in [1.165, 1.54) is 0 Å². The van der Waals surface area contributed by atoms with Crippen molar-refractivity contribution in [3.63, 3.8) is 0 Å². The van der Waals surface area contributed by atoms with Crippen LogP contribution in [-0.4, -0.2) is 29.7 Å². The minimum atomic E-state index is -0.473. The smallest absolute Gasteiger partial charge is 0.410 e. The Labute approximate surface area is 122 Å². The number of nitrogens with two attached hydrogens (primary N) is 1. The van der Waals surface area contributed by atoms with Crippen LogP contribution < -0.4 is 5.73 Å². The monoisotopic (exact) mass is 326 g/mol. The third-order valence-electron chi connectivity index (χ3n) is 3.00. The highest BCUT2D eigenvalue weighted by molar-refractivity contribution is 9.10. The average molecular weight is 327 g/mol. The van der Waals surface area contributed by atoms with E-state index in [0.717, 1.165) is 10.0 Å². The number of carbonyl (C=O) groups excluding carboxylic acids is 1. The number of amides is 1. The van der Waals surface area contributed by atoms with Gasteiger partial charge in [0.2, 0.25) is 0 Å². The zero-order valence-electron chi connectivity index (χ0n) is 11.4. The summed E-state index contributed by atoms with van der Waals surface area (Å²) >= 11 is 3.43. The van der Waals surface area contributed by atoms with E-state index < -0.39 is 11.1 Å². The molecule has 1 amide bonds. The number of carbonyl (C=O) groups is 1. The van der Waals surface area contributed by atoms with Gasteiger partial charge in [0, 0.05) is 17.6 Å².